The van der Waals surface area contributed by atoms with Gasteiger partial charge in [-0.05, 0) is 26.0 Å². The zero-order valence-electron chi connectivity index (χ0n) is 10.1. The van der Waals surface area contributed by atoms with Crippen molar-refractivity contribution in [1.82, 2.24) is 9.55 Å². The highest BCUT2D eigenvalue weighted by Gasteiger charge is 2.05. The zero-order valence-corrected chi connectivity index (χ0v) is 10.1. The van der Waals surface area contributed by atoms with Crippen LogP contribution in [0.5, 0.6) is 5.75 Å². The van der Waals surface area contributed by atoms with Crippen LogP contribution in [0.4, 0.5) is 5.69 Å². The lowest BCUT2D eigenvalue weighted by Gasteiger charge is -2.12. The number of hydrogen-bond acceptors (Lipinski definition) is 3. The summed E-state index contributed by atoms with van der Waals surface area (Å²) in [5.74, 6) is 0.779. The maximum atomic E-state index is 5.69. The predicted molar refractivity (Wildman–Crippen MR) is 67.8 cm³/mol. The smallest absolute Gasteiger partial charge is 0.130 e. The number of hydrogen-bond donors (Lipinski definition) is 1. The van der Waals surface area contributed by atoms with Crippen LogP contribution >= 0.6 is 0 Å². The molecule has 0 aliphatic rings. The van der Waals surface area contributed by atoms with E-state index in [2.05, 4.69) is 23.4 Å². The van der Waals surface area contributed by atoms with Crippen LogP contribution in [0, 0.1) is 0 Å². The number of nitrogens with two attached hydrogens (primary N) is 1. The summed E-state index contributed by atoms with van der Waals surface area (Å²) in [4.78, 5) is 4.13. The maximum Gasteiger partial charge on any atom is 0.130 e. The fraction of sp³-hybridized carbons (Fsp3) is 0.308. The number of aromatic nitrogens is 2. The van der Waals surface area contributed by atoms with Crippen molar-refractivity contribution in [2.24, 2.45) is 0 Å². The van der Waals surface area contributed by atoms with E-state index in [1.165, 1.54) is 0 Å². The Bertz CT molecular complexity index is 491. The molecule has 4 nitrogen and oxygen atoms in total. The van der Waals surface area contributed by atoms with Gasteiger partial charge in [0.25, 0.3) is 0 Å². The Morgan fingerprint density at radius 2 is 2.24 bits per heavy atom. The molecular weight excluding hydrogens is 214 g/mol. The fourth-order valence-electron chi connectivity index (χ4n) is 1.67. The lowest BCUT2D eigenvalue weighted by molar-refractivity contribution is 0.292. The molecule has 4 heteroatoms. The number of ether oxygens (including phenoxy) is 1. The molecule has 0 aliphatic heterocycles. The molecule has 0 saturated heterocycles. The number of rotatable bonds is 4. The van der Waals surface area contributed by atoms with Gasteiger partial charge in [0, 0.05) is 17.8 Å². The Morgan fingerprint density at radius 1 is 1.41 bits per heavy atom. The van der Waals surface area contributed by atoms with Gasteiger partial charge in [-0.15, -0.1) is 0 Å². The van der Waals surface area contributed by atoms with Gasteiger partial charge < -0.3 is 15.0 Å². The van der Waals surface area contributed by atoms with Gasteiger partial charge >= 0.3 is 0 Å². The highest BCUT2D eigenvalue weighted by molar-refractivity contribution is 5.43. The molecule has 0 radical (unpaired) electrons. The Balaban J connectivity index is 2.05. The minimum Gasteiger partial charge on any atom is -0.487 e. The summed E-state index contributed by atoms with van der Waals surface area (Å²) in [6.45, 7) is 4.74. The summed E-state index contributed by atoms with van der Waals surface area (Å²) in [6.07, 6.45) is 3.65. The largest absolute Gasteiger partial charge is 0.487 e. The topological polar surface area (TPSA) is 53.1 Å². The summed E-state index contributed by atoms with van der Waals surface area (Å²) in [6, 6.07) is 7.81. The van der Waals surface area contributed by atoms with E-state index in [9.17, 15) is 0 Å². The molecule has 0 aliphatic carbocycles. The highest BCUT2D eigenvalue weighted by atomic mass is 16.5. The van der Waals surface area contributed by atoms with Gasteiger partial charge in [-0.1, -0.05) is 6.07 Å². The predicted octanol–water partition coefficient (Wildman–Crippen LogP) is 2.63. The van der Waals surface area contributed by atoms with E-state index in [4.69, 9.17) is 10.5 Å². The molecule has 1 aromatic carbocycles. The van der Waals surface area contributed by atoms with E-state index in [0.29, 0.717) is 18.3 Å². The van der Waals surface area contributed by atoms with E-state index >= 15 is 0 Å². The normalized spacial score (nSPS) is 10.8. The van der Waals surface area contributed by atoms with Crippen molar-refractivity contribution >= 4 is 5.69 Å². The Hall–Kier alpha value is -1.97. The monoisotopic (exact) mass is 231 g/mol. The van der Waals surface area contributed by atoms with E-state index in [-0.39, 0.29) is 0 Å². The second-order valence-corrected chi connectivity index (χ2v) is 4.25. The fourth-order valence-corrected chi connectivity index (χ4v) is 1.67. The lowest BCUT2D eigenvalue weighted by Crippen LogP contribution is -2.07. The van der Waals surface area contributed by atoms with Crippen LogP contribution in [0.25, 0.3) is 0 Å². The molecule has 2 rings (SSSR count). The molecule has 0 unspecified atom stereocenters. The van der Waals surface area contributed by atoms with Gasteiger partial charge in [0.1, 0.15) is 12.4 Å². The van der Waals surface area contributed by atoms with Gasteiger partial charge in [0.05, 0.1) is 18.2 Å². The Kier molecular flexibility index (Phi) is 3.32. The van der Waals surface area contributed by atoms with Gasteiger partial charge in [-0.3, -0.25) is 0 Å². The van der Waals surface area contributed by atoms with Crippen molar-refractivity contribution < 1.29 is 4.74 Å². The van der Waals surface area contributed by atoms with E-state index < -0.39 is 0 Å². The number of nitrogens with zero attached hydrogens (tertiary/aromatic N) is 2. The van der Waals surface area contributed by atoms with Gasteiger partial charge in [-0.2, -0.15) is 0 Å². The first-order chi connectivity index (χ1) is 8.16. The van der Waals surface area contributed by atoms with Crippen molar-refractivity contribution in [1.29, 1.82) is 0 Å². The van der Waals surface area contributed by atoms with Gasteiger partial charge in [0.2, 0.25) is 0 Å². The average Bonchev–Trinajstić information content (AvgIpc) is 2.74. The molecule has 2 N–H and O–H groups in total. The highest BCUT2D eigenvalue weighted by Crippen LogP contribution is 2.17. The van der Waals surface area contributed by atoms with Crippen molar-refractivity contribution in [2.45, 2.75) is 26.5 Å². The lowest BCUT2D eigenvalue weighted by atomic mass is 10.3. The standard InChI is InChI=1S/C13H17N3O/c1-10(2)16-9-15-7-12(16)8-17-13-5-3-4-11(14)6-13/h3-7,9-10H,8,14H2,1-2H3. The number of imidazole rings is 1. The quantitative estimate of drug-likeness (QED) is 0.823. The van der Waals surface area contributed by atoms with Crippen LogP contribution in [-0.4, -0.2) is 9.55 Å². The molecule has 0 amide bonds. The number of anilines is 1. The molecule has 0 spiro atoms. The van der Waals surface area contributed by atoms with E-state index in [1.807, 2.05) is 36.8 Å². The summed E-state index contributed by atoms with van der Waals surface area (Å²) < 4.78 is 7.77. The molecule has 0 bridgehead atoms. The molecular formula is C13H17N3O. The SMILES string of the molecule is CC(C)n1cncc1COc1cccc(N)c1. The van der Waals surface area contributed by atoms with Crippen LogP contribution in [0.2, 0.25) is 0 Å². The minimum atomic E-state index is 0.386. The van der Waals surface area contributed by atoms with Crippen LogP contribution in [0.1, 0.15) is 25.6 Å². The number of nitrogen functional groups attached to an aromatic ring is 1. The molecule has 0 fully saturated rings. The second-order valence-electron chi connectivity index (χ2n) is 4.25. The number of benzene rings is 1. The van der Waals surface area contributed by atoms with E-state index in [1.54, 1.807) is 0 Å². The van der Waals surface area contributed by atoms with Crippen LogP contribution in [0.15, 0.2) is 36.8 Å². The average molecular weight is 231 g/mol. The second kappa shape index (κ2) is 4.91. The van der Waals surface area contributed by atoms with Crippen molar-refractivity contribution in [3.8, 4) is 5.75 Å². The first kappa shape index (κ1) is 11.5. The van der Waals surface area contributed by atoms with Crippen molar-refractivity contribution in [3.05, 3.63) is 42.5 Å². The molecule has 90 valence electrons. The summed E-state index contributed by atoms with van der Waals surface area (Å²) in [5.41, 5.74) is 7.45. The molecule has 1 heterocycles. The zero-order chi connectivity index (χ0) is 12.3. The summed E-state index contributed by atoms with van der Waals surface area (Å²) in [5, 5.41) is 0. The first-order valence-corrected chi connectivity index (χ1v) is 5.66. The first-order valence-electron chi connectivity index (χ1n) is 5.66. The third kappa shape index (κ3) is 2.78. The third-order valence-electron chi connectivity index (χ3n) is 2.55. The summed E-state index contributed by atoms with van der Waals surface area (Å²) >= 11 is 0. The van der Waals surface area contributed by atoms with E-state index in [0.717, 1.165) is 11.4 Å². The summed E-state index contributed by atoms with van der Waals surface area (Å²) in [7, 11) is 0. The molecule has 0 saturated carbocycles. The van der Waals surface area contributed by atoms with Crippen molar-refractivity contribution in [3.63, 3.8) is 0 Å². The van der Waals surface area contributed by atoms with Gasteiger partial charge in [0.15, 0.2) is 0 Å². The molecule has 1 aromatic heterocycles. The van der Waals surface area contributed by atoms with Crippen LogP contribution in [-0.2, 0) is 6.61 Å². The molecule has 2 aromatic rings. The van der Waals surface area contributed by atoms with Crippen molar-refractivity contribution in [2.75, 3.05) is 5.73 Å². The molecule has 17 heavy (non-hydrogen) atoms. The third-order valence-corrected chi connectivity index (χ3v) is 2.55. The van der Waals surface area contributed by atoms with Crippen LogP contribution < -0.4 is 10.5 Å². The van der Waals surface area contributed by atoms with Crippen LogP contribution in [0.3, 0.4) is 0 Å². The molecule has 0 atom stereocenters. The Labute approximate surface area is 101 Å². The Morgan fingerprint density at radius 3 is 2.94 bits per heavy atom. The maximum absolute atomic E-state index is 5.69. The minimum absolute atomic E-state index is 0.386. The van der Waals surface area contributed by atoms with Gasteiger partial charge in [-0.25, -0.2) is 4.98 Å².